The van der Waals surface area contributed by atoms with E-state index >= 15 is 19.2 Å². The fourth-order valence-corrected chi connectivity index (χ4v) is 16.1. The first-order chi connectivity index (χ1) is 62.1. The SMILES string of the molecule is CCCC[C@H]1C(=O)N(C)[C@@H](CCCC)C(=O)N[C@@H](CCCNC(=N)N)C(=O)N[C@H](C(=O)NCC(N)=O)CSCC(=O)N[C@@H](Cc2ccccc2)C(=O)N(C)[C@@H](C)C(=O)N[C@@H](CC(N)=O)C(=O)N2CCC[C@H]2C(=O)N[C@@H](Cc2cnc[nH]2)C(=O)N[C@@H](CO)C(=O)N(C)CC(=O)N[C@@H](Cc2c[nH]c3ccccc23)C(=O)N[C@@H](CO)C(=O)N[C@@H](Cc2c[nH]c3ccccc23)C(=O)N1C. The van der Waals surface area contributed by atoms with Gasteiger partial charge in [0.05, 0.1) is 44.8 Å². The monoisotopic (exact) mass is 1820 g/mol. The lowest BCUT2D eigenvalue weighted by atomic mass is 10.00. The summed E-state index contributed by atoms with van der Waals surface area (Å²) >= 11 is 0.786. The van der Waals surface area contributed by atoms with Gasteiger partial charge < -0.3 is 125 Å². The predicted molar refractivity (Wildman–Crippen MR) is 477 cm³/mol. The summed E-state index contributed by atoms with van der Waals surface area (Å²) in [6, 6.07) is 1.97. The van der Waals surface area contributed by atoms with E-state index in [-0.39, 0.29) is 83.0 Å². The molecule has 2 saturated heterocycles. The normalized spacial score (nSPS) is 23.6. The number of likely N-dealkylation sites (N-methyl/N-ethyl adjacent to an activating group) is 4. The third-order valence-corrected chi connectivity index (χ3v) is 23.6. The van der Waals surface area contributed by atoms with Crippen molar-refractivity contribution in [1.82, 2.24) is 103 Å². The van der Waals surface area contributed by atoms with Gasteiger partial charge in [-0.2, -0.15) is 0 Å². The number of nitrogens with one attached hydrogen (secondary N) is 15. The van der Waals surface area contributed by atoms with Crippen molar-refractivity contribution >= 4 is 140 Å². The molecular formula is C86H120N24O19S. The summed E-state index contributed by atoms with van der Waals surface area (Å²) in [7, 11) is 5.08. The van der Waals surface area contributed by atoms with Crippen LogP contribution in [0, 0.1) is 5.41 Å². The van der Waals surface area contributed by atoms with E-state index < -0.39 is 229 Å². The highest BCUT2D eigenvalue weighted by Crippen LogP contribution is 2.26. The molecule has 0 aliphatic carbocycles. The molecule has 23 N–H and O–H groups in total. The summed E-state index contributed by atoms with van der Waals surface area (Å²) < 4.78 is 0. The number of aromatic nitrogens is 4. The first-order valence-corrected chi connectivity index (χ1v) is 44.1. The third kappa shape index (κ3) is 29.0. The first-order valence-electron chi connectivity index (χ1n) is 43.0. The number of primary amides is 2. The Bertz CT molecular complexity index is 4990. The number of nitrogens with two attached hydrogens (primary N) is 3. The largest absolute Gasteiger partial charge is 0.394 e. The standard InChI is InChI=1S/C86H120N24O19S/c1-8-10-28-66-79(123)99-57(27-19-31-92-86(89)90)75(119)105-65(74(118)95-41-70(88)114)45-130-46-72(116)98-60(33-49-21-13-12-14-22-49)82(126)107(5)48(3)73(117)101-62(37-69(87)113)84(128)110-32-20-30-67(110)80(124)100-59(36-52-40-91-47-96-52)77(121)104-64(44-112)81(125)106(4)42-71(115)97-58(34-50-38-93-55-25-17-15-23-53(50)55)76(120)103-63(43-111)78(122)102-61(35-51-39-94-56-26-18-16-24-54(51)56)83(127)109(7)68(29-11-9-2)85(129)108(66)6/h12-18,21-26,38-40,47-48,57-68,93-94,111-112H,8-11,19-20,27-37,41-46H2,1-7H3,(H2,87,113)(H2,88,114)(H,91,96)(H,95,118)(H,97,115)(H,98,116)(H,99,123)(H,100,124)(H,101,117)(H,102,122)(H,103,120)(H,104,121)(H,105,119)(H4,89,90,92)/t48-,57-,58-,59-,60-,61-,62-,63-,64-,65-,66-,67-,68-/m0/s1. The molecule has 3 aromatic carbocycles. The van der Waals surface area contributed by atoms with Crippen molar-refractivity contribution in [2.75, 3.05) is 79.1 Å². The van der Waals surface area contributed by atoms with Gasteiger partial charge in [-0.3, -0.25) is 86.9 Å². The maximum absolute atomic E-state index is 15.6. The molecule has 0 radical (unpaired) electrons. The summed E-state index contributed by atoms with van der Waals surface area (Å²) in [6.45, 7) is 1.09. The Morgan fingerprint density at radius 1 is 0.515 bits per heavy atom. The van der Waals surface area contributed by atoms with Gasteiger partial charge in [0.15, 0.2) is 5.96 Å². The van der Waals surface area contributed by atoms with E-state index in [1.165, 1.54) is 40.6 Å². The number of guanidine groups is 1. The molecule has 2 aliphatic rings. The number of thioether (sulfide) groups is 1. The second-order valence-corrected chi connectivity index (χ2v) is 33.2. The van der Waals surface area contributed by atoms with Crippen LogP contribution in [0.4, 0.5) is 0 Å². The molecular weight excluding hydrogens is 1710 g/mol. The number of fused-ring (bicyclic) bond motifs is 3. The number of hydrogen-bond donors (Lipinski definition) is 20. The maximum atomic E-state index is 15.6. The van der Waals surface area contributed by atoms with Crippen LogP contribution in [-0.2, 0) is 107 Å². The number of amides is 17. The summed E-state index contributed by atoms with van der Waals surface area (Å²) in [4.78, 5) is 265. The van der Waals surface area contributed by atoms with Crippen LogP contribution < -0.4 is 75.7 Å². The second-order valence-electron chi connectivity index (χ2n) is 32.2. The minimum absolute atomic E-state index is 0.00364. The molecule has 43 nitrogen and oxygen atoms in total. The molecule has 704 valence electrons. The fourth-order valence-electron chi connectivity index (χ4n) is 15.3. The third-order valence-electron chi connectivity index (χ3n) is 22.6. The highest BCUT2D eigenvalue weighted by atomic mass is 32.2. The second kappa shape index (κ2) is 49.7. The summed E-state index contributed by atoms with van der Waals surface area (Å²) in [6.07, 6.45) is 5.58. The van der Waals surface area contributed by atoms with E-state index in [0.717, 1.165) is 43.3 Å². The van der Waals surface area contributed by atoms with Gasteiger partial charge >= 0.3 is 0 Å². The van der Waals surface area contributed by atoms with Crippen molar-refractivity contribution in [3.05, 3.63) is 126 Å². The van der Waals surface area contributed by atoms with Crippen LogP contribution in [0.25, 0.3) is 21.8 Å². The van der Waals surface area contributed by atoms with Crippen LogP contribution in [0.1, 0.15) is 114 Å². The van der Waals surface area contributed by atoms with Gasteiger partial charge in [-0.05, 0) is 74.3 Å². The molecule has 5 heterocycles. The number of rotatable bonds is 25. The maximum Gasteiger partial charge on any atom is 0.247 e. The number of carbonyl (C=O) groups is 17. The number of carbonyl (C=O) groups excluding carboxylic acids is 17. The number of aliphatic hydroxyl groups is 2. The van der Waals surface area contributed by atoms with Gasteiger partial charge in [0, 0.05) is 119 Å². The lowest BCUT2D eigenvalue weighted by Gasteiger charge is -2.36. The number of unbranched alkanes of at least 4 members (excludes halogenated alkanes) is 2. The zero-order valence-corrected chi connectivity index (χ0v) is 74.6. The average molecular weight is 1830 g/mol. The van der Waals surface area contributed by atoms with Crippen molar-refractivity contribution < 1.29 is 91.7 Å². The van der Waals surface area contributed by atoms with Crippen molar-refractivity contribution in [2.45, 2.75) is 196 Å². The Morgan fingerprint density at radius 3 is 1.65 bits per heavy atom. The molecule has 13 atom stereocenters. The molecule has 44 heteroatoms. The highest BCUT2D eigenvalue weighted by molar-refractivity contribution is 8.00. The lowest BCUT2D eigenvalue weighted by Crippen LogP contribution is -2.61. The molecule has 6 aromatic rings. The van der Waals surface area contributed by atoms with E-state index in [2.05, 4.69) is 78.4 Å². The Morgan fingerprint density at radius 2 is 1.05 bits per heavy atom. The van der Waals surface area contributed by atoms with Crippen molar-refractivity contribution in [3.63, 3.8) is 0 Å². The van der Waals surface area contributed by atoms with E-state index in [1.54, 1.807) is 91.3 Å². The molecule has 0 unspecified atom stereocenters. The lowest BCUT2D eigenvalue weighted by molar-refractivity contribution is -0.149. The smallest absolute Gasteiger partial charge is 0.247 e. The van der Waals surface area contributed by atoms with Gasteiger partial charge in [-0.1, -0.05) is 106 Å². The number of hydrogen-bond acceptors (Lipinski definition) is 22. The first kappa shape index (κ1) is 102. The fraction of sp³-hybridized carbons (Fsp3) is 0.500. The van der Waals surface area contributed by atoms with Gasteiger partial charge in [-0.25, -0.2) is 4.98 Å². The van der Waals surface area contributed by atoms with Gasteiger partial charge in [0.1, 0.15) is 78.5 Å². The number of imidazole rings is 1. The van der Waals surface area contributed by atoms with Crippen LogP contribution in [0.15, 0.2) is 104 Å². The van der Waals surface area contributed by atoms with Crippen LogP contribution in [0.3, 0.4) is 0 Å². The Labute approximate surface area is 754 Å². The van der Waals surface area contributed by atoms with Crippen LogP contribution in [-0.4, -0.2) is 319 Å². The van der Waals surface area contributed by atoms with Crippen molar-refractivity contribution in [2.24, 2.45) is 17.2 Å². The summed E-state index contributed by atoms with van der Waals surface area (Å²) in [5.74, 6) is -17.6. The van der Waals surface area contributed by atoms with E-state index in [0.29, 0.717) is 64.2 Å². The Hall–Kier alpha value is -13.5. The number of benzene rings is 3. The van der Waals surface area contributed by atoms with Crippen molar-refractivity contribution in [1.29, 1.82) is 5.41 Å². The van der Waals surface area contributed by atoms with E-state index in [4.69, 9.17) is 22.6 Å². The number of aromatic amines is 3. The molecule has 0 spiro atoms. The van der Waals surface area contributed by atoms with Gasteiger partial charge in [0.2, 0.25) is 100 Å². The molecule has 3 aromatic heterocycles. The zero-order chi connectivity index (χ0) is 95.0. The van der Waals surface area contributed by atoms with Gasteiger partial charge in [-0.15, -0.1) is 11.8 Å². The number of para-hydroxylation sites is 2. The highest BCUT2D eigenvalue weighted by Gasteiger charge is 2.44. The van der Waals surface area contributed by atoms with Crippen LogP contribution >= 0.6 is 11.8 Å². The minimum atomic E-state index is -1.87. The molecule has 130 heavy (non-hydrogen) atoms. The summed E-state index contributed by atoms with van der Waals surface area (Å²) in [5, 5.41) is 59.4. The van der Waals surface area contributed by atoms with E-state index in [9.17, 15) is 72.5 Å². The van der Waals surface area contributed by atoms with Crippen molar-refractivity contribution in [3.8, 4) is 0 Å². The number of nitrogens with zero attached hydrogens (tertiary/aromatic N) is 6. The predicted octanol–water partition coefficient (Wildman–Crippen LogP) is -4.19. The molecule has 2 fully saturated rings. The molecule has 17 amide bonds. The molecule has 0 saturated carbocycles. The molecule has 8 rings (SSSR count). The Kier molecular flexibility index (Phi) is 39.0. The zero-order valence-electron chi connectivity index (χ0n) is 73.7. The minimum Gasteiger partial charge on any atom is -0.394 e. The summed E-state index contributed by atoms with van der Waals surface area (Å²) in [5.41, 5.74) is 19.8. The Balaban J connectivity index is 1.17. The van der Waals surface area contributed by atoms with Crippen LogP contribution in [0.2, 0.25) is 0 Å². The topological polar surface area (TPSA) is 641 Å². The van der Waals surface area contributed by atoms with E-state index in [1.807, 2.05) is 13.8 Å². The van der Waals surface area contributed by atoms with Crippen LogP contribution in [0.5, 0.6) is 0 Å². The quantitative estimate of drug-likeness (QED) is 0.0147. The average Bonchev–Trinajstić information content (AvgIpc) is 1.59. The number of aliphatic hydroxyl groups excluding tert-OH is 2. The molecule has 2 aliphatic heterocycles. The van der Waals surface area contributed by atoms with Gasteiger partial charge in [0.25, 0.3) is 0 Å². The molecule has 0 bridgehead atoms. The number of H-pyrrole nitrogens is 3.